The van der Waals surface area contributed by atoms with Crippen molar-refractivity contribution >= 4 is 39.3 Å². The maximum atomic E-state index is 11.9. The fraction of sp³-hybridized carbons (Fsp3) is 0.176. The van der Waals surface area contributed by atoms with Gasteiger partial charge in [0.05, 0.1) is 18.1 Å². The Morgan fingerprint density at radius 1 is 1.14 bits per heavy atom. The summed E-state index contributed by atoms with van der Waals surface area (Å²) in [5.41, 5.74) is 2.17. The second kappa shape index (κ2) is 4.87. The molecule has 1 aromatic carbocycles. The van der Waals surface area contributed by atoms with Crippen LogP contribution < -0.4 is 0 Å². The van der Waals surface area contributed by atoms with E-state index in [4.69, 9.17) is 13.6 Å². The number of ether oxygens (including phenoxy) is 1. The first kappa shape index (κ1) is 14.1. The number of carbonyl (C=O) groups is 2. The monoisotopic (exact) mass is 298 g/mol. The van der Waals surface area contributed by atoms with Gasteiger partial charge in [0, 0.05) is 5.39 Å². The minimum atomic E-state index is -0.547. The van der Waals surface area contributed by atoms with Crippen molar-refractivity contribution in [3.05, 3.63) is 41.9 Å². The summed E-state index contributed by atoms with van der Waals surface area (Å²) in [6.07, 6.45) is 1.28. The van der Waals surface area contributed by atoms with Gasteiger partial charge in [-0.2, -0.15) is 0 Å². The number of esters is 1. The van der Waals surface area contributed by atoms with Crippen LogP contribution in [0.3, 0.4) is 0 Å². The van der Waals surface area contributed by atoms with Gasteiger partial charge < -0.3 is 13.6 Å². The first-order valence-electron chi connectivity index (χ1n) is 6.67. The Morgan fingerprint density at radius 2 is 1.86 bits per heavy atom. The highest BCUT2D eigenvalue weighted by Gasteiger charge is 2.23. The van der Waals surface area contributed by atoms with Gasteiger partial charge in [-0.1, -0.05) is 6.58 Å². The normalized spacial score (nSPS) is 11.0. The molecule has 0 bridgehead atoms. The molecule has 3 aromatic rings. The van der Waals surface area contributed by atoms with Gasteiger partial charge in [-0.25, -0.2) is 4.79 Å². The van der Waals surface area contributed by atoms with Crippen LogP contribution in [-0.4, -0.2) is 18.9 Å². The van der Waals surface area contributed by atoms with Gasteiger partial charge in [-0.3, -0.25) is 4.79 Å². The van der Waals surface area contributed by atoms with Gasteiger partial charge in [0.15, 0.2) is 5.78 Å². The average Bonchev–Trinajstić information content (AvgIpc) is 3.08. The molecule has 0 aliphatic carbocycles. The first-order valence-corrected chi connectivity index (χ1v) is 6.67. The van der Waals surface area contributed by atoms with Crippen LogP contribution in [0.5, 0.6) is 0 Å². The third-order valence-corrected chi connectivity index (χ3v) is 3.53. The Balaban J connectivity index is 2.49. The highest BCUT2D eigenvalue weighted by atomic mass is 16.5. The third kappa shape index (κ3) is 1.94. The van der Waals surface area contributed by atoms with Gasteiger partial charge in [0.2, 0.25) is 0 Å². The molecule has 0 atom stereocenters. The number of Topliss-reactive ketones (excluding diaryl/α,β-unsaturated/α-hetero) is 1. The Hall–Kier alpha value is -2.82. The number of hydrogen-bond acceptors (Lipinski definition) is 5. The van der Waals surface area contributed by atoms with Crippen molar-refractivity contribution in [2.24, 2.45) is 0 Å². The molecule has 0 saturated carbocycles. The molecular formula is C17H14O5. The van der Waals surface area contributed by atoms with E-state index in [1.165, 1.54) is 20.3 Å². The topological polar surface area (TPSA) is 69.7 Å². The molecule has 3 rings (SSSR count). The maximum absolute atomic E-state index is 11.9. The number of rotatable bonds is 3. The second-order valence-corrected chi connectivity index (χ2v) is 5.13. The summed E-state index contributed by atoms with van der Waals surface area (Å²) < 4.78 is 16.0. The highest BCUT2D eigenvalue weighted by molar-refractivity contribution is 6.19. The number of ketones is 1. The molecule has 0 aliphatic rings. The van der Waals surface area contributed by atoms with Crippen LogP contribution >= 0.6 is 0 Å². The maximum Gasteiger partial charge on any atom is 0.341 e. The van der Waals surface area contributed by atoms with Crippen LogP contribution in [0.4, 0.5) is 0 Å². The van der Waals surface area contributed by atoms with Crippen molar-refractivity contribution < 1.29 is 23.2 Å². The highest BCUT2D eigenvalue weighted by Crippen LogP contribution is 2.36. The summed E-state index contributed by atoms with van der Waals surface area (Å²) in [7, 11) is 1.29. The molecular weight excluding hydrogens is 284 g/mol. The van der Waals surface area contributed by atoms with E-state index >= 15 is 0 Å². The number of benzene rings is 1. The zero-order chi connectivity index (χ0) is 16.0. The summed E-state index contributed by atoms with van der Waals surface area (Å²) in [6, 6.07) is 3.48. The molecule has 5 heteroatoms. The van der Waals surface area contributed by atoms with Crippen LogP contribution in [0.25, 0.3) is 27.5 Å². The third-order valence-electron chi connectivity index (χ3n) is 3.53. The first-order chi connectivity index (χ1) is 10.4. The van der Waals surface area contributed by atoms with Crippen molar-refractivity contribution in [2.75, 3.05) is 7.11 Å². The lowest BCUT2D eigenvalue weighted by Crippen LogP contribution is -2.00. The molecule has 0 unspecified atom stereocenters. The summed E-state index contributed by atoms with van der Waals surface area (Å²) in [5, 5.41) is 1.16. The van der Waals surface area contributed by atoms with Crippen LogP contribution in [-0.2, 0) is 4.74 Å². The summed E-state index contributed by atoms with van der Waals surface area (Å²) in [4.78, 5) is 23.8. The lowest BCUT2D eigenvalue weighted by atomic mass is 10.0. The van der Waals surface area contributed by atoms with Crippen molar-refractivity contribution in [2.45, 2.75) is 13.8 Å². The van der Waals surface area contributed by atoms with Gasteiger partial charge >= 0.3 is 5.97 Å². The minimum absolute atomic E-state index is 0.157. The summed E-state index contributed by atoms with van der Waals surface area (Å²) in [5.74, 6) is -0.112. The van der Waals surface area contributed by atoms with Crippen LogP contribution in [0.1, 0.15) is 40.3 Å². The SMILES string of the molecule is C=C(C)c1cc2cc(C(C)=O)c3occ(C(=O)OC)c3c2o1. The van der Waals surface area contributed by atoms with E-state index in [0.717, 1.165) is 5.57 Å². The smallest absolute Gasteiger partial charge is 0.341 e. The number of hydrogen-bond donors (Lipinski definition) is 0. The standard InChI is InChI=1S/C17H14O5/c1-8(2)13-6-10-5-11(9(3)18)16-14(15(10)22-13)12(7-21-16)17(19)20-4/h5-7H,1H2,2-4H3. The number of carbonyl (C=O) groups excluding carboxylic acids is 2. The van der Waals surface area contributed by atoms with E-state index in [1.54, 1.807) is 12.1 Å². The van der Waals surface area contributed by atoms with E-state index in [0.29, 0.717) is 33.3 Å². The molecule has 2 heterocycles. The molecule has 0 aliphatic heterocycles. The average molecular weight is 298 g/mol. The van der Waals surface area contributed by atoms with E-state index < -0.39 is 5.97 Å². The lowest BCUT2D eigenvalue weighted by Gasteiger charge is -2.00. The predicted octanol–water partition coefficient (Wildman–Crippen LogP) is 4.20. The molecule has 0 fully saturated rings. The Bertz CT molecular complexity index is 939. The fourth-order valence-electron chi connectivity index (χ4n) is 2.44. The molecule has 0 spiro atoms. The zero-order valence-corrected chi connectivity index (χ0v) is 12.5. The molecule has 0 amide bonds. The van der Waals surface area contributed by atoms with Crippen LogP contribution in [0.2, 0.25) is 0 Å². The van der Waals surface area contributed by atoms with Crippen molar-refractivity contribution in [1.82, 2.24) is 0 Å². The predicted molar refractivity (Wildman–Crippen MR) is 82.0 cm³/mol. The zero-order valence-electron chi connectivity index (χ0n) is 12.5. The van der Waals surface area contributed by atoms with E-state index in [9.17, 15) is 9.59 Å². The van der Waals surface area contributed by atoms with Crippen molar-refractivity contribution in [3.8, 4) is 0 Å². The largest absolute Gasteiger partial charge is 0.465 e. The lowest BCUT2D eigenvalue weighted by molar-refractivity contribution is 0.0601. The Morgan fingerprint density at radius 3 is 2.45 bits per heavy atom. The van der Waals surface area contributed by atoms with E-state index in [-0.39, 0.29) is 11.3 Å². The summed E-state index contributed by atoms with van der Waals surface area (Å²) in [6.45, 7) is 7.11. The molecule has 5 nitrogen and oxygen atoms in total. The number of fused-ring (bicyclic) bond motifs is 3. The minimum Gasteiger partial charge on any atom is -0.465 e. The van der Waals surface area contributed by atoms with Crippen molar-refractivity contribution in [3.63, 3.8) is 0 Å². The fourth-order valence-corrected chi connectivity index (χ4v) is 2.44. The molecule has 0 N–H and O–H groups in total. The van der Waals surface area contributed by atoms with Gasteiger partial charge in [0.25, 0.3) is 0 Å². The van der Waals surface area contributed by atoms with Crippen LogP contribution in [0.15, 0.2) is 33.8 Å². The molecule has 22 heavy (non-hydrogen) atoms. The number of allylic oxidation sites excluding steroid dienone is 1. The quantitative estimate of drug-likeness (QED) is 0.535. The van der Waals surface area contributed by atoms with Gasteiger partial charge in [-0.05, 0) is 31.6 Å². The molecule has 0 radical (unpaired) electrons. The van der Waals surface area contributed by atoms with E-state index in [1.807, 2.05) is 6.92 Å². The summed E-state index contributed by atoms with van der Waals surface area (Å²) >= 11 is 0. The van der Waals surface area contributed by atoms with Crippen molar-refractivity contribution in [1.29, 1.82) is 0 Å². The van der Waals surface area contributed by atoms with Crippen LogP contribution in [0, 0.1) is 0 Å². The van der Waals surface area contributed by atoms with Gasteiger partial charge in [-0.15, -0.1) is 0 Å². The Labute approximate surface area is 126 Å². The number of furan rings is 2. The van der Waals surface area contributed by atoms with E-state index in [2.05, 4.69) is 6.58 Å². The Kier molecular flexibility index (Phi) is 3.13. The number of methoxy groups -OCH3 is 1. The molecule has 112 valence electrons. The second-order valence-electron chi connectivity index (χ2n) is 5.13. The molecule has 0 saturated heterocycles. The molecule has 2 aromatic heterocycles. The van der Waals surface area contributed by atoms with Gasteiger partial charge in [0.1, 0.15) is 28.8 Å².